The van der Waals surface area contributed by atoms with E-state index in [0.717, 1.165) is 37.7 Å². The third-order valence-corrected chi connectivity index (χ3v) is 9.33. The first-order chi connectivity index (χ1) is 16.4. The van der Waals surface area contributed by atoms with Crippen LogP contribution in [0.3, 0.4) is 0 Å². The van der Waals surface area contributed by atoms with Crippen molar-refractivity contribution in [3.05, 3.63) is 40.3 Å². The molecule has 0 bridgehead atoms. The van der Waals surface area contributed by atoms with Gasteiger partial charge in [0, 0.05) is 23.7 Å². The molecule has 1 aromatic heterocycles. The lowest BCUT2D eigenvalue weighted by atomic mass is 9.96. The van der Waals surface area contributed by atoms with Crippen molar-refractivity contribution in [3.8, 4) is 0 Å². The van der Waals surface area contributed by atoms with Crippen molar-refractivity contribution in [2.24, 2.45) is 0 Å². The van der Waals surface area contributed by atoms with E-state index >= 15 is 0 Å². The number of hydrogen-bond acceptors (Lipinski definition) is 7. The Morgan fingerprint density at radius 1 is 1.06 bits per heavy atom. The first-order valence-electron chi connectivity index (χ1n) is 11.4. The van der Waals surface area contributed by atoms with Crippen LogP contribution in [0.2, 0.25) is 0 Å². The molecule has 0 atom stereocenters. The number of ether oxygens (including phenoxy) is 2. The van der Waals surface area contributed by atoms with Crippen LogP contribution in [0.5, 0.6) is 0 Å². The third-order valence-electron chi connectivity index (χ3n) is 6.01. The summed E-state index contributed by atoms with van der Waals surface area (Å²) in [5, 5.41) is 7.26. The van der Waals surface area contributed by atoms with E-state index in [2.05, 4.69) is 10.6 Å². The topological polar surface area (TPSA) is 97.0 Å². The molecule has 1 saturated heterocycles. The number of carbonyl (C=O) groups is 1. The van der Waals surface area contributed by atoms with Gasteiger partial charge in [0.1, 0.15) is 5.00 Å². The average molecular weight is 524 g/mol. The molecule has 1 aliphatic carbocycles. The fourth-order valence-corrected chi connectivity index (χ4v) is 7.21. The van der Waals surface area contributed by atoms with Gasteiger partial charge in [-0.25, -0.2) is 13.2 Å². The minimum Gasteiger partial charge on any atom is -0.465 e. The highest BCUT2D eigenvalue weighted by Crippen LogP contribution is 2.37. The first-order valence-corrected chi connectivity index (χ1v) is 14.1. The lowest BCUT2D eigenvalue weighted by Crippen LogP contribution is -2.40. The molecule has 1 aliphatic heterocycles. The quantitative estimate of drug-likeness (QED) is 0.448. The number of hydrogen-bond donors (Lipinski definition) is 2. The van der Waals surface area contributed by atoms with Crippen LogP contribution in [0.1, 0.15) is 46.5 Å². The number of carbonyl (C=O) groups excluding carboxylic acids is 1. The number of benzene rings is 1. The molecule has 0 saturated carbocycles. The molecule has 2 heterocycles. The number of rotatable bonds is 5. The predicted molar refractivity (Wildman–Crippen MR) is 137 cm³/mol. The van der Waals surface area contributed by atoms with E-state index in [0.29, 0.717) is 47.7 Å². The van der Waals surface area contributed by atoms with Gasteiger partial charge in [-0.05, 0) is 67.7 Å². The predicted octanol–water partition coefficient (Wildman–Crippen LogP) is 4.02. The van der Waals surface area contributed by atoms with E-state index in [9.17, 15) is 13.2 Å². The van der Waals surface area contributed by atoms with Crippen molar-refractivity contribution >= 4 is 55.3 Å². The maximum Gasteiger partial charge on any atom is 0.341 e. The zero-order chi connectivity index (χ0) is 24.1. The number of aryl methyl sites for hydroxylation is 1. The Balaban J connectivity index is 1.47. The number of sulfonamides is 1. The third kappa shape index (κ3) is 5.60. The molecule has 11 heteroatoms. The fourth-order valence-electron chi connectivity index (χ4n) is 4.24. The van der Waals surface area contributed by atoms with Crippen LogP contribution in [0.15, 0.2) is 29.2 Å². The highest BCUT2D eigenvalue weighted by molar-refractivity contribution is 7.89. The second-order valence-electron chi connectivity index (χ2n) is 8.23. The van der Waals surface area contributed by atoms with Crippen LogP contribution < -0.4 is 10.6 Å². The standard InChI is InChI=1S/C23H29N3O5S3/c1-30-22(27)20-18-6-4-2-3-5-7-19(18)33-21(20)25-23(32)24-16-8-10-17(11-9-16)34(28,29)26-12-14-31-15-13-26/h8-11H,2-7,12-15H2,1H3,(H2,24,25,32). The molecule has 2 aliphatic rings. The normalized spacial score (nSPS) is 17.2. The maximum absolute atomic E-state index is 12.8. The van der Waals surface area contributed by atoms with Gasteiger partial charge in [-0.2, -0.15) is 4.31 Å². The number of thiocarbonyl (C=S) groups is 1. The Bertz CT molecular complexity index is 1140. The zero-order valence-electron chi connectivity index (χ0n) is 19.1. The fraction of sp³-hybridized carbons (Fsp3) is 0.478. The lowest BCUT2D eigenvalue weighted by Gasteiger charge is -2.26. The Labute approximate surface area is 209 Å². The Morgan fingerprint density at radius 3 is 2.41 bits per heavy atom. The highest BCUT2D eigenvalue weighted by atomic mass is 32.2. The highest BCUT2D eigenvalue weighted by Gasteiger charge is 2.27. The van der Waals surface area contributed by atoms with E-state index in [1.165, 1.54) is 22.7 Å². The molecule has 34 heavy (non-hydrogen) atoms. The molecule has 4 rings (SSSR count). The lowest BCUT2D eigenvalue weighted by molar-refractivity contribution is 0.0601. The van der Waals surface area contributed by atoms with Gasteiger partial charge in [-0.1, -0.05) is 12.8 Å². The van der Waals surface area contributed by atoms with E-state index in [1.807, 2.05) is 0 Å². The smallest absolute Gasteiger partial charge is 0.341 e. The average Bonchev–Trinajstić information content (AvgIpc) is 3.15. The van der Waals surface area contributed by atoms with Gasteiger partial charge in [0.05, 0.1) is 30.8 Å². The van der Waals surface area contributed by atoms with Gasteiger partial charge in [0.15, 0.2) is 5.11 Å². The summed E-state index contributed by atoms with van der Waals surface area (Å²) in [5.74, 6) is -0.360. The summed E-state index contributed by atoms with van der Waals surface area (Å²) < 4.78 is 37.4. The molecule has 2 N–H and O–H groups in total. The minimum absolute atomic E-state index is 0.227. The van der Waals surface area contributed by atoms with Gasteiger partial charge in [-0.15, -0.1) is 11.3 Å². The van der Waals surface area contributed by atoms with Crippen molar-refractivity contribution in [2.75, 3.05) is 44.0 Å². The number of fused-ring (bicyclic) bond motifs is 1. The summed E-state index contributed by atoms with van der Waals surface area (Å²) >= 11 is 7.05. The van der Waals surface area contributed by atoms with Crippen molar-refractivity contribution in [1.82, 2.24) is 4.31 Å². The second-order valence-corrected chi connectivity index (χ2v) is 11.7. The van der Waals surface area contributed by atoms with Crippen molar-refractivity contribution < 1.29 is 22.7 Å². The molecule has 1 aromatic carbocycles. The molecule has 8 nitrogen and oxygen atoms in total. The largest absolute Gasteiger partial charge is 0.465 e. The van der Waals surface area contributed by atoms with Crippen molar-refractivity contribution in [3.63, 3.8) is 0 Å². The monoisotopic (exact) mass is 523 g/mol. The summed E-state index contributed by atoms with van der Waals surface area (Å²) in [4.78, 5) is 14.0. The van der Waals surface area contributed by atoms with Crippen LogP contribution in [0.25, 0.3) is 0 Å². The summed E-state index contributed by atoms with van der Waals surface area (Å²) in [6.45, 7) is 1.50. The number of esters is 1. The maximum atomic E-state index is 12.8. The second kappa shape index (κ2) is 11.1. The van der Waals surface area contributed by atoms with E-state index < -0.39 is 10.0 Å². The first kappa shape index (κ1) is 25.1. The molecule has 2 aromatic rings. The number of methoxy groups -OCH3 is 1. The SMILES string of the molecule is COC(=O)c1c(NC(=S)Nc2ccc(S(=O)(=O)N3CCOCC3)cc2)sc2c1CCCCCC2. The molecule has 1 fully saturated rings. The summed E-state index contributed by atoms with van der Waals surface area (Å²) in [6.07, 6.45) is 6.33. The summed E-state index contributed by atoms with van der Waals surface area (Å²) in [7, 11) is -2.16. The van der Waals surface area contributed by atoms with Crippen LogP contribution in [0, 0.1) is 0 Å². The Hall–Kier alpha value is -2.05. The summed E-state index contributed by atoms with van der Waals surface area (Å²) in [5.41, 5.74) is 2.29. The molecular formula is C23H29N3O5S3. The van der Waals surface area contributed by atoms with E-state index in [-0.39, 0.29) is 10.9 Å². The van der Waals surface area contributed by atoms with Crippen molar-refractivity contribution in [2.45, 2.75) is 43.4 Å². The number of thiophene rings is 1. The molecular weight excluding hydrogens is 494 g/mol. The zero-order valence-corrected chi connectivity index (χ0v) is 21.5. The number of nitrogens with one attached hydrogen (secondary N) is 2. The molecule has 0 spiro atoms. The Kier molecular flexibility index (Phi) is 8.20. The van der Waals surface area contributed by atoms with Crippen molar-refractivity contribution in [1.29, 1.82) is 0 Å². The number of morpholine rings is 1. The van der Waals surface area contributed by atoms with E-state index in [1.54, 1.807) is 35.6 Å². The van der Waals surface area contributed by atoms with Gasteiger partial charge in [0.25, 0.3) is 0 Å². The molecule has 184 valence electrons. The van der Waals surface area contributed by atoms with E-state index in [4.69, 9.17) is 21.7 Å². The molecule has 0 unspecified atom stereocenters. The van der Waals surface area contributed by atoms with Gasteiger partial charge >= 0.3 is 5.97 Å². The van der Waals surface area contributed by atoms with Gasteiger partial charge in [-0.3, -0.25) is 0 Å². The van der Waals surface area contributed by atoms with Gasteiger partial charge < -0.3 is 20.1 Å². The van der Waals surface area contributed by atoms with Crippen LogP contribution >= 0.6 is 23.6 Å². The van der Waals surface area contributed by atoms with Crippen LogP contribution in [0.4, 0.5) is 10.7 Å². The Morgan fingerprint density at radius 2 is 1.74 bits per heavy atom. The number of nitrogens with zero attached hydrogens (tertiary/aromatic N) is 1. The van der Waals surface area contributed by atoms with Crippen LogP contribution in [-0.2, 0) is 32.3 Å². The van der Waals surface area contributed by atoms with Gasteiger partial charge in [0.2, 0.25) is 10.0 Å². The molecule has 0 radical (unpaired) electrons. The minimum atomic E-state index is -3.55. The summed E-state index contributed by atoms with van der Waals surface area (Å²) in [6, 6.07) is 6.48. The van der Waals surface area contributed by atoms with Crippen LogP contribution in [-0.4, -0.2) is 57.2 Å². The molecule has 0 amide bonds. The number of anilines is 2.